The molecule has 2 aromatic carbocycles. The van der Waals surface area contributed by atoms with Crippen LogP contribution in [-0.4, -0.2) is 5.11 Å². The van der Waals surface area contributed by atoms with Crippen LogP contribution in [-0.2, 0) is 18.0 Å². The van der Waals surface area contributed by atoms with Gasteiger partial charge in [0.1, 0.15) is 0 Å². The van der Waals surface area contributed by atoms with E-state index in [1.165, 1.54) is 12.1 Å². The molecular weight excluding hydrogens is 231 g/mol. The van der Waals surface area contributed by atoms with Crippen LogP contribution in [0.2, 0.25) is 0 Å². The molecule has 0 saturated heterocycles. The smallest absolute Gasteiger partial charge is 0.165 e. The highest BCUT2D eigenvalue weighted by Gasteiger charge is 2.17. The SMILES string of the molecule is Cc1ccc2c(c1)COCc1cc(O)c(F)cc1-2. The predicted octanol–water partition coefficient (Wildman–Crippen LogP) is 3.54. The summed E-state index contributed by atoms with van der Waals surface area (Å²) in [5, 5.41) is 9.43. The normalized spacial score (nSPS) is 13.7. The van der Waals surface area contributed by atoms with Crippen LogP contribution in [0.15, 0.2) is 30.3 Å². The number of hydrogen-bond acceptors (Lipinski definition) is 2. The molecule has 1 heterocycles. The fourth-order valence-electron chi connectivity index (χ4n) is 2.35. The van der Waals surface area contributed by atoms with E-state index in [4.69, 9.17) is 4.74 Å². The number of rotatable bonds is 0. The van der Waals surface area contributed by atoms with Crippen LogP contribution < -0.4 is 0 Å². The van der Waals surface area contributed by atoms with Crippen molar-refractivity contribution in [3.63, 3.8) is 0 Å². The van der Waals surface area contributed by atoms with E-state index in [2.05, 4.69) is 6.07 Å². The summed E-state index contributed by atoms with van der Waals surface area (Å²) in [6.07, 6.45) is 0. The summed E-state index contributed by atoms with van der Waals surface area (Å²) >= 11 is 0. The Morgan fingerprint density at radius 2 is 1.78 bits per heavy atom. The summed E-state index contributed by atoms with van der Waals surface area (Å²) in [6, 6.07) is 8.86. The van der Waals surface area contributed by atoms with Crippen molar-refractivity contribution in [1.29, 1.82) is 0 Å². The molecule has 0 bridgehead atoms. The van der Waals surface area contributed by atoms with Gasteiger partial charge in [0.25, 0.3) is 0 Å². The molecule has 92 valence electrons. The quantitative estimate of drug-likeness (QED) is 0.768. The Kier molecular flexibility index (Phi) is 2.56. The van der Waals surface area contributed by atoms with E-state index < -0.39 is 5.82 Å². The summed E-state index contributed by atoms with van der Waals surface area (Å²) in [5.74, 6) is -0.921. The molecule has 0 spiro atoms. The molecule has 0 radical (unpaired) electrons. The van der Waals surface area contributed by atoms with Gasteiger partial charge in [-0.1, -0.05) is 23.8 Å². The first kappa shape index (κ1) is 11.2. The molecule has 0 unspecified atom stereocenters. The largest absolute Gasteiger partial charge is 0.505 e. The Morgan fingerprint density at radius 1 is 1.06 bits per heavy atom. The molecule has 0 atom stereocenters. The number of halogens is 1. The lowest BCUT2D eigenvalue weighted by molar-refractivity contribution is 0.109. The average molecular weight is 244 g/mol. The third-order valence-electron chi connectivity index (χ3n) is 3.24. The van der Waals surface area contributed by atoms with Crippen molar-refractivity contribution in [2.75, 3.05) is 0 Å². The first-order valence-corrected chi connectivity index (χ1v) is 5.84. The van der Waals surface area contributed by atoms with E-state index in [1.807, 2.05) is 19.1 Å². The van der Waals surface area contributed by atoms with Gasteiger partial charge < -0.3 is 9.84 Å². The minimum Gasteiger partial charge on any atom is -0.505 e. The van der Waals surface area contributed by atoms with Crippen LogP contribution in [0.3, 0.4) is 0 Å². The molecular formula is C15H13FO2. The standard InChI is InChI=1S/C15H13FO2/c1-9-2-3-12-10(4-9)7-18-8-11-5-15(17)14(16)6-13(11)12/h2-6,17H,7-8H2,1H3. The lowest BCUT2D eigenvalue weighted by Gasteiger charge is -2.10. The molecule has 1 N–H and O–H groups in total. The van der Waals surface area contributed by atoms with Crippen LogP contribution in [0.1, 0.15) is 16.7 Å². The van der Waals surface area contributed by atoms with Gasteiger partial charge in [-0.25, -0.2) is 4.39 Å². The first-order chi connectivity index (χ1) is 8.65. The molecule has 0 amide bonds. The second kappa shape index (κ2) is 4.10. The van der Waals surface area contributed by atoms with Gasteiger partial charge in [0.05, 0.1) is 13.2 Å². The van der Waals surface area contributed by atoms with E-state index in [0.717, 1.165) is 27.8 Å². The van der Waals surface area contributed by atoms with Gasteiger partial charge in [0, 0.05) is 0 Å². The first-order valence-electron chi connectivity index (χ1n) is 5.84. The van der Waals surface area contributed by atoms with Gasteiger partial charge in [0.15, 0.2) is 11.6 Å². The Balaban J connectivity index is 2.27. The lowest BCUT2D eigenvalue weighted by Crippen LogP contribution is -1.91. The maximum atomic E-state index is 13.5. The molecule has 0 aliphatic carbocycles. The molecule has 18 heavy (non-hydrogen) atoms. The zero-order valence-electron chi connectivity index (χ0n) is 10.0. The maximum Gasteiger partial charge on any atom is 0.165 e. The summed E-state index contributed by atoms with van der Waals surface area (Å²) in [4.78, 5) is 0. The second-order valence-corrected chi connectivity index (χ2v) is 4.61. The zero-order chi connectivity index (χ0) is 12.7. The summed E-state index contributed by atoms with van der Waals surface area (Å²) < 4.78 is 19.1. The van der Waals surface area contributed by atoms with E-state index in [9.17, 15) is 9.50 Å². The monoisotopic (exact) mass is 244 g/mol. The number of hydrogen-bond donors (Lipinski definition) is 1. The highest BCUT2D eigenvalue weighted by molar-refractivity contribution is 5.72. The Morgan fingerprint density at radius 3 is 2.56 bits per heavy atom. The topological polar surface area (TPSA) is 29.5 Å². The molecule has 0 aromatic heterocycles. The van der Waals surface area contributed by atoms with Gasteiger partial charge in [-0.05, 0) is 41.3 Å². The minimum absolute atomic E-state index is 0.326. The van der Waals surface area contributed by atoms with Gasteiger partial charge in [-0.15, -0.1) is 0 Å². The van der Waals surface area contributed by atoms with Crippen molar-refractivity contribution < 1.29 is 14.2 Å². The maximum absolute atomic E-state index is 13.5. The molecule has 1 aliphatic heterocycles. The summed E-state index contributed by atoms with van der Waals surface area (Å²) in [6.45, 7) is 2.91. The van der Waals surface area contributed by atoms with Crippen LogP contribution >= 0.6 is 0 Å². The van der Waals surface area contributed by atoms with Gasteiger partial charge >= 0.3 is 0 Å². The minimum atomic E-state index is -0.595. The van der Waals surface area contributed by atoms with Gasteiger partial charge in [0.2, 0.25) is 0 Å². The van der Waals surface area contributed by atoms with Crippen molar-refractivity contribution in [3.05, 3.63) is 52.8 Å². The van der Waals surface area contributed by atoms with Gasteiger partial charge in [-0.3, -0.25) is 0 Å². The summed E-state index contributed by atoms with van der Waals surface area (Å²) in [7, 11) is 0. The fraction of sp³-hybridized carbons (Fsp3) is 0.200. The number of ether oxygens (including phenoxy) is 1. The van der Waals surface area contributed by atoms with Crippen LogP contribution in [0, 0.1) is 12.7 Å². The molecule has 0 fully saturated rings. The Bertz CT molecular complexity index is 620. The van der Waals surface area contributed by atoms with Crippen molar-refractivity contribution in [2.24, 2.45) is 0 Å². The van der Waals surface area contributed by atoms with Crippen molar-refractivity contribution in [1.82, 2.24) is 0 Å². The number of phenols is 1. The molecule has 2 nitrogen and oxygen atoms in total. The molecule has 3 rings (SSSR count). The highest BCUT2D eigenvalue weighted by atomic mass is 19.1. The molecule has 3 heteroatoms. The fourth-order valence-corrected chi connectivity index (χ4v) is 2.35. The van der Waals surface area contributed by atoms with Crippen LogP contribution in [0.4, 0.5) is 4.39 Å². The third kappa shape index (κ3) is 1.77. The van der Waals surface area contributed by atoms with Crippen molar-refractivity contribution in [2.45, 2.75) is 20.1 Å². The van der Waals surface area contributed by atoms with E-state index in [1.54, 1.807) is 0 Å². The molecule has 0 saturated carbocycles. The highest BCUT2D eigenvalue weighted by Crippen LogP contribution is 2.35. The van der Waals surface area contributed by atoms with Crippen LogP contribution in [0.5, 0.6) is 5.75 Å². The van der Waals surface area contributed by atoms with E-state index in [-0.39, 0.29) is 5.75 Å². The van der Waals surface area contributed by atoms with E-state index >= 15 is 0 Å². The molecule has 1 aliphatic rings. The summed E-state index contributed by atoms with van der Waals surface area (Å²) in [5.41, 5.74) is 4.81. The predicted molar refractivity (Wildman–Crippen MR) is 66.7 cm³/mol. The average Bonchev–Trinajstić information content (AvgIpc) is 2.49. The van der Waals surface area contributed by atoms with Crippen molar-refractivity contribution in [3.8, 4) is 16.9 Å². The number of phenolic OH excluding ortho intramolecular Hbond substituents is 1. The molecule has 2 aromatic rings. The van der Waals surface area contributed by atoms with Gasteiger partial charge in [-0.2, -0.15) is 0 Å². The number of aromatic hydroxyl groups is 1. The Hall–Kier alpha value is -1.87. The number of aryl methyl sites for hydroxylation is 1. The number of benzene rings is 2. The number of fused-ring (bicyclic) bond motifs is 3. The van der Waals surface area contributed by atoms with E-state index in [0.29, 0.717) is 13.2 Å². The third-order valence-corrected chi connectivity index (χ3v) is 3.24. The second-order valence-electron chi connectivity index (χ2n) is 4.61. The van der Waals surface area contributed by atoms with Crippen LogP contribution in [0.25, 0.3) is 11.1 Å². The Labute approximate surface area is 105 Å². The zero-order valence-corrected chi connectivity index (χ0v) is 10.0. The van der Waals surface area contributed by atoms with Crippen molar-refractivity contribution >= 4 is 0 Å². The lowest BCUT2D eigenvalue weighted by atomic mass is 9.95.